The maximum Gasteiger partial charge on any atom is 0.274 e. The number of aromatic nitrogens is 2. The maximum absolute atomic E-state index is 13.4. The van der Waals surface area contributed by atoms with Crippen LogP contribution in [-0.2, 0) is 12.8 Å². The Balaban J connectivity index is 0.00000192. The van der Waals surface area contributed by atoms with Crippen LogP contribution in [0.2, 0.25) is 0 Å². The topological polar surface area (TPSA) is 50.2 Å². The smallest absolute Gasteiger partial charge is 0.274 e. The molecule has 0 radical (unpaired) electrons. The van der Waals surface area contributed by atoms with Crippen LogP contribution in [0, 0.1) is 13.8 Å². The Kier molecular flexibility index (Phi) is 5.23. The van der Waals surface area contributed by atoms with E-state index in [0.717, 1.165) is 44.5 Å². The van der Waals surface area contributed by atoms with Crippen molar-refractivity contribution in [1.29, 1.82) is 0 Å². The standard InChI is InChI=1S/C22H28N4O.ClH/c1-14-6-9-19(15(2)12-14)26-20-5-3-4-18(20)21(24-26)22(27)25-11-10-16-7-8-17(13-25)23-16;/h6,9,12,16-17,23H,3-5,7-8,10-11,13H2,1-2H3;1H. The molecule has 3 heterocycles. The Labute approximate surface area is 172 Å². The minimum atomic E-state index is 0. The molecule has 2 fully saturated rings. The van der Waals surface area contributed by atoms with E-state index in [1.807, 2.05) is 9.58 Å². The Bertz CT molecular complexity index is 906. The number of halogens is 1. The Morgan fingerprint density at radius 3 is 2.79 bits per heavy atom. The van der Waals surface area contributed by atoms with E-state index in [4.69, 9.17) is 5.10 Å². The second-order valence-corrected chi connectivity index (χ2v) is 8.51. The maximum atomic E-state index is 13.4. The molecule has 150 valence electrons. The van der Waals surface area contributed by atoms with E-state index in [-0.39, 0.29) is 18.3 Å². The molecule has 0 spiro atoms. The summed E-state index contributed by atoms with van der Waals surface area (Å²) in [6.45, 7) is 5.91. The van der Waals surface area contributed by atoms with Gasteiger partial charge in [0.2, 0.25) is 0 Å². The fourth-order valence-corrected chi connectivity index (χ4v) is 5.13. The third-order valence-corrected chi connectivity index (χ3v) is 6.52. The zero-order chi connectivity index (χ0) is 18.5. The third kappa shape index (κ3) is 3.25. The normalized spacial score (nSPS) is 23.3. The Morgan fingerprint density at radius 2 is 1.96 bits per heavy atom. The Hall–Kier alpha value is -1.85. The monoisotopic (exact) mass is 400 g/mol. The highest BCUT2D eigenvalue weighted by molar-refractivity contribution is 5.94. The summed E-state index contributed by atoms with van der Waals surface area (Å²) in [4.78, 5) is 15.4. The van der Waals surface area contributed by atoms with E-state index in [2.05, 4.69) is 37.4 Å². The second kappa shape index (κ2) is 7.53. The highest BCUT2D eigenvalue weighted by atomic mass is 35.5. The summed E-state index contributed by atoms with van der Waals surface area (Å²) in [6, 6.07) is 7.50. The number of hydrogen-bond acceptors (Lipinski definition) is 3. The molecule has 2 saturated heterocycles. The lowest BCUT2D eigenvalue weighted by Gasteiger charge is -2.23. The van der Waals surface area contributed by atoms with Crippen LogP contribution in [0.5, 0.6) is 0 Å². The highest BCUT2D eigenvalue weighted by Crippen LogP contribution is 2.30. The van der Waals surface area contributed by atoms with Gasteiger partial charge in [0.25, 0.3) is 5.91 Å². The first-order valence-corrected chi connectivity index (χ1v) is 10.3. The van der Waals surface area contributed by atoms with Crippen LogP contribution in [0.15, 0.2) is 18.2 Å². The average molecular weight is 401 g/mol. The molecule has 1 aromatic heterocycles. The number of nitrogens with one attached hydrogen (secondary N) is 1. The molecule has 2 atom stereocenters. The quantitative estimate of drug-likeness (QED) is 0.840. The van der Waals surface area contributed by atoms with Crippen LogP contribution in [0.3, 0.4) is 0 Å². The number of amides is 1. The highest BCUT2D eigenvalue weighted by Gasteiger charge is 2.34. The van der Waals surface area contributed by atoms with Crippen LogP contribution in [-0.4, -0.2) is 45.8 Å². The molecule has 5 rings (SSSR count). The van der Waals surface area contributed by atoms with Crippen LogP contribution < -0.4 is 5.32 Å². The summed E-state index contributed by atoms with van der Waals surface area (Å²) in [7, 11) is 0. The number of nitrogens with zero attached hydrogens (tertiary/aromatic N) is 3. The van der Waals surface area contributed by atoms with Crippen molar-refractivity contribution in [3.63, 3.8) is 0 Å². The fraction of sp³-hybridized carbons (Fsp3) is 0.545. The molecule has 2 unspecified atom stereocenters. The van der Waals surface area contributed by atoms with Gasteiger partial charge in [-0.15, -0.1) is 12.4 Å². The number of fused-ring (bicyclic) bond motifs is 3. The van der Waals surface area contributed by atoms with E-state index in [0.29, 0.717) is 17.8 Å². The molecule has 0 saturated carbocycles. The van der Waals surface area contributed by atoms with Crippen molar-refractivity contribution in [1.82, 2.24) is 20.0 Å². The first-order valence-electron chi connectivity index (χ1n) is 10.3. The van der Waals surface area contributed by atoms with Gasteiger partial charge >= 0.3 is 0 Å². The van der Waals surface area contributed by atoms with Crippen molar-refractivity contribution in [3.8, 4) is 5.69 Å². The second-order valence-electron chi connectivity index (χ2n) is 8.51. The van der Waals surface area contributed by atoms with Crippen molar-refractivity contribution in [2.45, 2.75) is 64.5 Å². The van der Waals surface area contributed by atoms with Gasteiger partial charge in [-0.3, -0.25) is 4.79 Å². The number of carbonyl (C=O) groups excluding carboxylic acids is 1. The van der Waals surface area contributed by atoms with E-state index in [1.54, 1.807) is 0 Å². The van der Waals surface area contributed by atoms with Gasteiger partial charge in [0.1, 0.15) is 0 Å². The number of likely N-dealkylation sites (tertiary alicyclic amines) is 1. The number of aryl methyl sites for hydroxylation is 2. The van der Waals surface area contributed by atoms with Gasteiger partial charge in [0.15, 0.2) is 5.69 Å². The van der Waals surface area contributed by atoms with Crippen molar-refractivity contribution in [3.05, 3.63) is 46.3 Å². The molecule has 5 nitrogen and oxygen atoms in total. The van der Waals surface area contributed by atoms with Gasteiger partial charge < -0.3 is 10.2 Å². The first-order chi connectivity index (χ1) is 13.1. The van der Waals surface area contributed by atoms with Crippen LogP contribution >= 0.6 is 12.4 Å². The molecular formula is C22H29ClN4O. The van der Waals surface area contributed by atoms with E-state index < -0.39 is 0 Å². The summed E-state index contributed by atoms with van der Waals surface area (Å²) < 4.78 is 2.05. The van der Waals surface area contributed by atoms with Crippen LogP contribution in [0.1, 0.15) is 58.6 Å². The van der Waals surface area contributed by atoms with Crippen molar-refractivity contribution < 1.29 is 4.79 Å². The summed E-state index contributed by atoms with van der Waals surface area (Å²) >= 11 is 0. The number of hydrogen-bond donors (Lipinski definition) is 1. The van der Waals surface area contributed by atoms with Gasteiger partial charge in [0, 0.05) is 36.4 Å². The summed E-state index contributed by atoms with van der Waals surface area (Å²) in [6.07, 6.45) is 6.59. The summed E-state index contributed by atoms with van der Waals surface area (Å²) in [5.74, 6) is 0.131. The van der Waals surface area contributed by atoms with E-state index in [9.17, 15) is 4.79 Å². The SMILES string of the molecule is Cc1ccc(-n2nc(C(=O)N3CCC4CCC(C3)N4)c3c2CCC3)c(C)c1.Cl. The van der Waals surface area contributed by atoms with Crippen molar-refractivity contribution in [2.75, 3.05) is 13.1 Å². The van der Waals surface area contributed by atoms with Crippen LogP contribution in [0.4, 0.5) is 0 Å². The molecule has 1 aromatic carbocycles. The molecule has 2 aromatic rings. The molecule has 2 bridgehead atoms. The van der Waals surface area contributed by atoms with Crippen molar-refractivity contribution >= 4 is 18.3 Å². The van der Waals surface area contributed by atoms with Gasteiger partial charge in [-0.25, -0.2) is 4.68 Å². The third-order valence-electron chi connectivity index (χ3n) is 6.52. The Morgan fingerprint density at radius 1 is 1.14 bits per heavy atom. The zero-order valence-corrected chi connectivity index (χ0v) is 17.5. The predicted octanol–water partition coefficient (Wildman–Crippen LogP) is 3.37. The molecular weight excluding hydrogens is 372 g/mol. The van der Waals surface area contributed by atoms with E-state index in [1.165, 1.54) is 35.2 Å². The number of benzene rings is 1. The fourth-order valence-electron chi connectivity index (χ4n) is 5.13. The van der Waals surface area contributed by atoms with Gasteiger partial charge in [-0.1, -0.05) is 17.7 Å². The van der Waals surface area contributed by atoms with Crippen molar-refractivity contribution in [2.24, 2.45) is 0 Å². The first kappa shape index (κ1) is 19.5. The average Bonchev–Trinajstić information content (AvgIpc) is 3.30. The minimum absolute atomic E-state index is 0. The van der Waals surface area contributed by atoms with E-state index >= 15 is 0 Å². The summed E-state index contributed by atoms with van der Waals surface area (Å²) in [5, 5.41) is 8.53. The zero-order valence-electron chi connectivity index (χ0n) is 16.7. The molecule has 1 amide bonds. The van der Waals surface area contributed by atoms with Gasteiger partial charge in [-0.2, -0.15) is 5.10 Å². The van der Waals surface area contributed by atoms with Crippen LogP contribution in [0.25, 0.3) is 5.69 Å². The number of rotatable bonds is 2. The summed E-state index contributed by atoms with van der Waals surface area (Å²) in [5.41, 5.74) is 6.68. The molecule has 6 heteroatoms. The van der Waals surface area contributed by atoms with Gasteiger partial charge in [0.05, 0.1) is 5.69 Å². The largest absolute Gasteiger partial charge is 0.336 e. The minimum Gasteiger partial charge on any atom is -0.336 e. The molecule has 28 heavy (non-hydrogen) atoms. The lowest BCUT2D eigenvalue weighted by molar-refractivity contribution is 0.0740. The number of carbonyl (C=O) groups is 1. The molecule has 1 N–H and O–H groups in total. The van der Waals surface area contributed by atoms with Gasteiger partial charge in [-0.05, 0) is 64.0 Å². The predicted molar refractivity (Wildman–Crippen MR) is 113 cm³/mol. The lowest BCUT2D eigenvalue weighted by Crippen LogP contribution is -2.39. The molecule has 3 aliphatic rings. The lowest BCUT2D eigenvalue weighted by atomic mass is 10.1. The molecule has 2 aliphatic heterocycles. The molecule has 1 aliphatic carbocycles.